The first kappa shape index (κ1) is 22.9. The van der Waals surface area contributed by atoms with Crippen LogP contribution >= 0.6 is 11.8 Å². The van der Waals surface area contributed by atoms with E-state index in [0.717, 1.165) is 0 Å². The Balaban J connectivity index is 2.33. The lowest BCUT2D eigenvalue weighted by Gasteiger charge is -2.20. The fourth-order valence-corrected chi connectivity index (χ4v) is 5.22. The first-order valence-electron chi connectivity index (χ1n) is 9.13. The Labute approximate surface area is 175 Å². The van der Waals surface area contributed by atoms with Gasteiger partial charge in [-0.15, -0.1) is 11.8 Å². The standard InChI is InChI=1S/C20H25N3O4S2/c1-4-23(5-2)29(26,27)18-12-15(11-10-14(18)3)20(25)22-16-8-6-7-9-17(16)28-13-19(21)24/h6-12H,4-5,13H2,1-3H3,(H2,21,24)(H,22,25). The zero-order valence-corrected chi connectivity index (χ0v) is 18.3. The molecular weight excluding hydrogens is 410 g/mol. The van der Waals surface area contributed by atoms with Crippen molar-refractivity contribution < 1.29 is 18.0 Å². The van der Waals surface area contributed by atoms with Gasteiger partial charge in [0.2, 0.25) is 15.9 Å². The maximum Gasteiger partial charge on any atom is 0.255 e. The lowest BCUT2D eigenvalue weighted by Crippen LogP contribution is -2.31. The summed E-state index contributed by atoms with van der Waals surface area (Å²) in [5.74, 6) is -0.807. The maximum atomic E-state index is 12.9. The molecule has 0 aliphatic heterocycles. The van der Waals surface area contributed by atoms with E-state index in [1.165, 1.54) is 22.1 Å². The third kappa shape index (κ3) is 5.59. The van der Waals surface area contributed by atoms with Gasteiger partial charge in [-0.1, -0.05) is 32.0 Å². The maximum absolute atomic E-state index is 12.9. The SMILES string of the molecule is CCN(CC)S(=O)(=O)c1cc(C(=O)Nc2ccccc2SCC(N)=O)ccc1C. The highest BCUT2D eigenvalue weighted by molar-refractivity contribution is 8.00. The molecule has 0 bridgehead atoms. The predicted molar refractivity (Wildman–Crippen MR) is 116 cm³/mol. The van der Waals surface area contributed by atoms with Crippen LogP contribution in [0.1, 0.15) is 29.8 Å². The molecule has 0 saturated carbocycles. The number of amides is 2. The fourth-order valence-electron chi connectivity index (χ4n) is 2.76. The number of carbonyl (C=O) groups excluding carboxylic acids is 2. The quantitative estimate of drug-likeness (QED) is 0.589. The number of nitrogens with one attached hydrogen (secondary N) is 1. The molecule has 0 unspecified atom stereocenters. The zero-order chi connectivity index (χ0) is 21.6. The van der Waals surface area contributed by atoms with Gasteiger partial charge in [-0.2, -0.15) is 4.31 Å². The summed E-state index contributed by atoms with van der Waals surface area (Å²) in [4.78, 5) is 24.6. The van der Waals surface area contributed by atoms with Gasteiger partial charge in [-0.05, 0) is 36.8 Å². The minimum Gasteiger partial charge on any atom is -0.369 e. The molecule has 0 fully saturated rings. The van der Waals surface area contributed by atoms with Crippen LogP contribution in [0.2, 0.25) is 0 Å². The number of benzene rings is 2. The molecule has 29 heavy (non-hydrogen) atoms. The van der Waals surface area contributed by atoms with Gasteiger partial charge in [0.1, 0.15) is 0 Å². The molecule has 156 valence electrons. The summed E-state index contributed by atoms with van der Waals surface area (Å²) in [6, 6.07) is 11.6. The van der Waals surface area contributed by atoms with Crippen LogP contribution in [-0.2, 0) is 14.8 Å². The smallest absolute Gasteiger partial charge is 0.255 e. The van der Waals surface area contributed by atoms with Crippen molar-refractivity contribution in [2.75, 3.05) is 24.2 Å². The zero-order valence-electron chi connectivity index (χ0n) is 16.6. The molecule has 0 spiro atoms. The summed E-state index contributed by atoms with van der Waals surface area (Å²) < 4.78 is 27.2. The fraction of sp³-hybridized carbons (Fsp3) is 0.300. The summed E-state index contributed by atoms with van der Waals surface area (Å²) in [6.07, 6.45) is 0. The van der Waals surface area contributed by atoms with E-state index in [9.17, 15) is 18.0 Å². The highest BCUT2D eigenvalue weighted by Gasteiger charge is 2.24. The molecule has 0 aliphatic rings. The number of anilines is 1. The van der Waals surface area contributed by atoms with E-state index in [0.29, 0.717) is 29.2 Å². The number of sulfonamides is 1. The summed E-state index contributed by atoms with van der Waals surface area (Å²) in [6.45, 7) is 5.94. The number of nitrogens with zero attached hydrogens (tertiary/aromatic N) is 1. The van der Waals surface area contributed by atoms with Crippen LogP contribution < -0.4 is 11.1 Å². The van der Waals surface area contributed by atoms with E-state index < -0.39 is 21.8 Å². The second-order valence-corrected chi connectivity index (χ2v) is 9.20. The van der Waals surface area contributed by atoms with E-state index in [2.05, 4.69) is 5.32 Å². The highest BCUT2D eigenvalue weighted by atomic mass is 32.2. The van der Waals surface area contributed by atoms with Gasteiger partial charge in [0.05, 0.1) is 16.3 Å². The van der Waals surface area contributed by atoms with Gasteiger partial charge < -0.3 is 11.1 Å². The van der Waals surface area contributed by atoms with Crippen molar-refractivity contribution in [3.8, 4) is 0 Å². The summed E-state index contributed by atoms with van der Waals surface area (Å²) >= 11 is 1.22. The van der Waals surface area contributed by atoms with Gasteiger partial charge in [-0.3, -0.25) is 9.59 Å². The number of thioether (sulfide) groups is 1. The molecule has 9 heteroatoms. The molecule has 7 nitrogen and oxygen atoms in total. The second kappa shape index (κ2) is 9.91. The van der Waals surface area contributed by atoms with Crippen molar-refractivity contribution in [3.05, 3.63) is 53.6 Å². The monoisotopic (exact) mass is 435 g/mol. The number of hydrogen-bond acceptors (Lipinski definition) is 5. The number of carbonyl (C=O) groups is 2. The van der Waals surface area contributed by atoms with Crippen molar-refractivity contribution in [2.45, 2.75) is 30.6 Å². The number of hydrogen-bond donors (Lipinski definition) is 2. The average Bonchev–Trinajstić information content (AvgIpc) is 2.68. The number of primary amides is 1. The van der Waals surface area contributed by atoms with E-state index in [1.54, 1.807) is 57.2 Å². The second-order valence-electron chi connectivity index (χ2n) is 6.27. The molecular formula is C20H25N3O4S2. The first-order valence-corrected chi connectivity index (χ1v) is 11.6. The minimum absolute atomic E-state index is 0.0870. The summed E-state index contributed by atoms with van der Waals surface area (Å²) in [5.41, 5.74) is 6.53. The molecule has 0 atom stereocenters. The molecule has 0 radical (unpaired) electrons. The van der Waals surface area contributed by atoms with Crippen LogP contribution in [0.3, 0.4) is 0 Å². The topological polar surface area (TPSA) is 110 Å². The third-order valence-corrected chi connectivity index (χ3v) is 7.57. The Morgan fingerprint density at radius 1 is 1.10 bits per heavy atom. The van der Waals surface area contributed by atoms with Gasteiger partial charge in [0.15, 0.2) is 0 Å². The van der Waals surface area contributed by atoms with E-state index >= 15 is 0 Å². The van der Waals surface area contributed by atoms with Gasteiger partial charge in [-0.25, -0.2) is 8.42 Å². The van der Waals surface area contributed by atoms with Crippen molar-refractivity contribution in [1.29, 1.82) is 0 Å². The summed E-state index contributed by atoms with van der Waals surface area (Å²) in [5, 5.41) is 2.79. The Bertz CT molecular complexity index is 1000. The lowest BCUT2D eigenvalue weighted by molar-refractivity contribution is -0.115. The molecule has 2 amide bonds. The van der Waals surface area contributed by atoms with Crippen LogP contribution in [-0.4, -0.2) is 43.4 Å². The Morgan fingerprint density at radius 2 is 1.76 bits per heavy atom. The minimum atomic E-state index is -3.69. The van der Waals surface area contributed by atoms with E-state index in [-0.39, 0.29) is 16.2 Å². The van der Waals surface area contributed by atoms with Crippen LogP contribution in [0.15, 0.2) is 52.3 Å². The molecule has 3 N–H and O–H groups in total. The third-order valence-electron chi connectivity index (χ3n) is 4.28. The molecule has 0 heterocycles. The number of rotatable bonds is 9. The van der Waals surface area contributed by atoms with Crippen molar-refractivity contribution in [2.24, 2.45) is 5.73 Å². The average molecular weight is 436 g/mol. The van der Waals surface area contributed by atoms with Crippen LogP contribution in [0.25, 0.3) is 0 Å². The number of nitrogens with two attached hydrogens (primary N) is 1. The lowest BCUT2D eigenvalue weighted by atomic mass is 10.1. The van der Waals surface area contributed by atoms with E-state index in [4.69, 9.17) is 5.73 Å². The van der Waals surface area contributed by atoms with Crippen LogP contribution in [0.4, 0.5) is 5.69 Å². The Hall–Kier alpha value is -2.36. The van der Waals surface area contributed by atoms with Crippen molar-refractivity contribution in [3.63, 3.8) is 0 Å². The highest BCUT2D eigenvalue weighted by Crippen LogP contribution is 2.28. The number of aryl methyl sites for hydroxylation is 1. The molecule has 2 aromatic rings. The number of para-hydroxylation sites is 1. The van der Waals surface area contributed by atoms with Crippen molar-refractivity contribution in [1.82, 2.24) is 4.31 Å². The first-order chi connectivity index (χ1) is 13.7. The molecule has 2 rings (SSSR count). The molecule has 2 aromatic carbocycles. The van der Waals surface area contributed by atoms with Gasteiger partial charge in [0, 0.05) is 23.5 Å². The van der Waals surface area contributed by atoms with Crippen molar-refractivity contribution >= 4 is 39.3 Å². The van der Waals surface area contributed by atoms with Crippen LogP contribution in [0, 0.1) is 6.92 Å². The van der Waals surface area contributed by atoms with Gasteiger partial charge in [0.25, 0.3) is 5.91 Å². The Morgan fingerprint density at radius 3 is 2.38 bits per heavy atom. The van der Waals surface area contributed by atoms with E-state index in [1.807, 2.05) is 0 Å². The normalized spacial score (nSPS) is 11.4. The molecule has 0 saturated heterocycles. The Kier molecular flexibility index (Phi) is 7.83. The molecule has 0 aliphatic carbocycles. The summed E-state index contributed by atoms with van der Waals surface area (Å²) in [7, 11) is -3.69. The van der Waals surface area contributed by atoms with Gasteiger partial charge >= 0.3 is 0 Å². The van der Waals surface area contributed by atoms with Crippen LogP contribution in [0.5, 0.6) is 0 Å². The predicted octanol–water partition coefficient (Wildman–Crippen LogP) is 2.86. The largest absolute Gasteiger partial charge is 0.369 e. The molecule has 0 aromatic heterocycles.